The molecule has 0 aliphatic rings. The number of ether oxygens (including phenoxy) is 1. The van der Waals surface area contributed by atoms with Gasteiger partial charge in [-0.1, -0.05) is 12.1 Å². The Kier molecular flexibility index (Phi) is 3.69. The van der Waals surface area contributed by atoms with Crippen LogP contribution in [0.3, 0.4) is 0 Å². The molecular weight excluding hydrogens is 230 g/mol. The summed E-state index contributed by atoms with van der Waals surface area (Å²) in [5.41, 5.74) is 8.97. The number of rotatable bonds is 4. The minimum Gasteiger partial charge on any atom is -0.491 e. The Balaban J connectivity index is 1.99. The lowest BCUT2D eigenvalue weighted by Crippen LogP contribution is -2.04. The van der Waals surface area contributed by atoms with Gasteiger partial charge >= 0.3 is 0 Å². The van der Waals surface area contributed by atoms with E-state index < -0.39 is 0 Å². The molecule has 0 saturated carbocycles. The highest BCUT2D eigenvalue weighted by molar-refractivity contribution is 7.09. The number of benzene rings is 1. The molecule has 0 fully saturated rings. The van der Waals surface area contributed by atoms with Gasteiger partial charge in [-0.25, -0.2) is 0 Å². The molecule has 1 aromatic carbocycles. The van der Waals surface area contributed by atoms with E-state index in [1.54, 1.807) is 11.3 Å². The number of thiophene rings is 1. The van der Waals surface area contributed by atoms with E-state index in [-0.39, 0.29) is 0 Å². The lowest BCUT2D eigenvalue weighted by Gasteiger charge is -2.12. The minimum absolute atomic E-state index is 0.675. The summed E-state index contributed by atoms with van der Waals surface area (Å²) in [7, 11) is 0. The van der Waals surface area contributed by atoms with E-state index in [0.717, 1.165) is 23.4 Å². The van der Waals surface area contributed by atoms with Crippen LogP contribution in [0.25, 0.3) is 0 Å². The summed E-state index contributed by atoms with van der Waals surface area (Å²) in [5.74, 6) is 0.826. The summed E-state index contributed by atoms with van der Waals surface area (Å²) in [6.07, 6.45) is 0.935. The maximum absolute atomic E-state index is 5.96. The highest BCUT2D eigenvalue weighted by Gasteiger charge is 2.05. The SMILES string of the molecule is Cc1cc(C)c(OCCc2cccs2)c(N)c1. The molecule has 17 heavy (non-hydrogen) atoms. The van der Waals surface area contributed by atoms with Gasteiger partial charge in [0.2, 0.25) is 0 Å². The van der Waals surface area contributed by atoms with Crippen molar-refractivity contribution in [1.29, 1.82) is 0 Å². The van der Waals surface area contributed by atoms with Gasteiger partial charge in [-0.05, 0) is 42.5 Å². The van der Waals surface area contributed by atoms with Crippen LogP contribution in [0.15, 0.2) is 29.6 Å². The van der Waals surface area contributed by atoms with Crippen molar-refractivity contribution in [3.63, 3.8) is 0 Å². The van der Waals surface area contributed by atoms with E-state index in [0.29, 0.717) is 6.61 Å². The zero-order chi connectivity index (χ0) is 12.3. The topological polar surface area (TPSA) is 35.2 Å². The van der Waals surface area contributed by atoms with Crippen LogP contribution >= 0.6 is 11.3 Å². The molecule has 0 radical (unpaired) electrons. The average Bonchev–Trinajstić information content (AvgIpc) is 2.74. The predicted molar refractivity (Wildman–Crippen MR) is 73.8 cm³/mol. The molecule has 0 saturated heterocycles. The van der Waals surface area contributed by atoms with Crippen LogP contribution in [-0.2, 0) is 6.42 Å². The Labute approximate surface area is 106 Å². The fourth-order valence-electron chi connectivity index (χ4n) is 1.89. The smallest absolute Gasteiger partial charge is 0.145 e. The normalized spacial score (nSPS) is 10.5. The van der Waals surface area contributed by atoms with Crippen LogP contribution in [0.1, 0.15) is 16.0 Å². The molecule has 0 aliphatic heterocycles. The number of hydrogen-bond acceptors (Lipinski definition) is 3. The van der Waals surface area contributed by atoms with E-state index in [1.165, 1.54) is 10.4 Å². The molecule has 0 unspecified atom stereocenters. The Bertz CT molecular complexity index is 468. The van der Waals surface area contributed by atoms with E-state index in [4.69, 9.17) is 10.5 Å². The summed E-state index contributed by atoms with van der Waals surface area (Å²) in [5, 5.41) is 2.08. The third kappa shape index (κ3) is 3.01. The Morgan fingerprint density at radius 1 is 1.29 bits per heavy atom. The van der Waals surface area contributed by atoms with Gasteiger partial charge in [0.05, 0.1) is 12.3 Å². The van der Waals surface area contributed by atoms with E-state index in [9.17, 15) is 0 Å². The molecular formula is C14H17NOS. The van der Waals surface area contributed by atoms with Gasteiger partial charge in [-0.3, -0.25) is 0 Å². The summed E-state index contributed by atoms with van der Waals surface area (Å²) in [6, 6.07) is 8.23. The third-order valence-electron chi connectivity index (χ3n) is 2.62. The molecule has 0 amide bonds. The number of hydrogen-bond donors (Lipinski definition) is 1. The minimum atomic E-state index is 0.675. The first-order valence-corrected chi connectivity index (χ1v) is 6.56. The number of aryl methyl sites for hydroxylation is 2. The predicted octanol–water partition coefficient (Wildman–Crippen LogP) is 3.57. The second-order valence-corrected chi connectivity index (χ2v) is 5.21. The van der Waals surface area contributed by atoms with Crippen molar-refractivity contribution < 1.29 is 4.74 Å². The van der Waals surface area contributed by atoms with Gasteiger partial charge < -0.3 is 10.5 Å². The second-order valence-electron chi connectivity index (χ2n) is 4.18. The fraction of sp³-hybridized carbons (Fsp3) is 0.286. The van der Waals surface area contributed by atoms with Gasteiger partial charge in [0.1, 0.15) is 5.75 Å². The highest BCUT2D eigenvalue weighted by atomic mass is 32.1. The van der Waals surface area contributed by atoms with E-state index in [2.05, 4.69) is 23.6 Å². The van der Waals surface area contributed by atoms with Gasteiger partial charge in [0.25, 0.3) is 0 Å². The van der Waals surface area contributed by atoms with Crippen LogP contribution in [-0.4, -0.2) is 6.61 Å². The van der Waals surface area contributed by atoms with Crippen molar-refractivity contribution in [2.24, 2.45) is 0 Å². The van der Waals surface area contributed by atoms with Gasteiger partial charge in [0.15, 0.2) is 0 Å². The van der Waals surface area contributed by atoms with Crippen molar-refractivity contribution in [2.75, 3.05) is 12.3 Å². The Morgan fingerprint density at radius 2 is 2.12 bits per heavy atom. The molecule has 2 nitrogen and oxygen atoms in total. The highest BCUT2D eigenvalue weighted by Crippen LogP contribution is 2.27. The first-order valence-electron chi connectivity index (χ1n) is 5.68. The van der Waals surface area contributed by atoms with Crippen molar-refractivity contribution in [3.05, 3.63) is 45.6 Å². The van der Waals surface area contributed by atoms with E-state index in [1.807, 2.05) is 19.9 Å². The average molecular weight is 247 g/mol. The van der Waals surface area contributed by atoms with Crippen LogP contribution in [0.5, 0.6) is 5.75 Å². The first kappa shape index (κ1) is 12.0. The molecule has 1 heterocycles. The molecule has 3 heteroatoms. The summed E-state index contributed by atoms with van der Waals surface area (Å²) >= 11 is 1.76. The third-order valence-corrected chi connectivity index (χ3v) is 3.56. The van der Waals surface area contributed by atoms with Crippen molar-refractivity contribution in [3.8, 4) is 5.75 Å². The van der Waals surface area contributed by atoms with E-state index >= 15 is 0 Å². The number of nitrogen functional groups attached to an aromatic ring is 1. The molecule has 0 aliphatic carbocycles. The summed E-state index contributed by atoms with van der Waals surface area (Å²) in [6.45, 7) is 4.75. The first-order chi connectivity index (χ1) is 8.16. The van der Waals surface area contributed by atoms with Crippen molar-refractivity contribution in [1.82, 2.24) is 0 Å². The Hall–Kier alpha value is -1.48. The van der Waals surface area contributed by atoms with Gasteiger partial charge in [-0.15, -0.1) is 11.3 Å². The van der Waals surface area contributed by atoms with Crippen molar-refractivity contribution >= 4 is 17.0 Å². The molecule has 2 rings (SSSR count). The molecule has 2 N–H and O–H groups in total. The maximum atomic E-state index is 5.96. The van der Waals surface area contributed by atoms with Crippen LogP contribution in [0, 0.1) is 13.8 Å². The summed E-state index contributed by atoms with van der Waals surface area (Å²) in [4.78, 5) is 1.34. The van der Waals surface area contributed by atoms with Gasteiger partial charge in [-0.2, -0.15) is 0 Å². The number of nitrogens with two attached hydrogens (primary N) is 1. The zero-order valence-corrected chi connectivity index (χ0v) is 11.0. The molecule has 90 valence electrons. The lowest BCUT2D eigenvalue weighted by molar-refractivity contribution is 0.322. The molecule has 1 aromatic heterocycles. The van der Waals surface area contributed by atoms with Crippen LogP contribution in [0.2, 0.25) is 0 Å². The standard InChI is InChI=1S/C14H17NOS/c1-10-8-11(2)14(13(15)9-10)16-6-5-12-4-3-7-17-12/h3-4,7-9H,5-6,15H2,1-2H3. The van der Waals surface area contributed by atoms with Crippen molar-refractivity contribution in [2.45, 2.75) is 20.3 Å². The zero-order valence-electron chi connectivity index (χ0n) is 10.2. The lowest BCUT2D eigenvalue weighted by atomic mass is 10.1. The monoisotopic (exact) mass is 247 g/mol. The molecule has 0 bridgehead atoms. The maximum Gasteiger partial charge on any atom is 0.145 e. The molecule has 0 atom stereocenters. The Morgan fingerprint density at radius 3 is 2.76 bits per heavy atom. The molecule has 2 aromatic rings. The summed E-state index contributed by atoms with van der Waals surface area (Å²) < 4.78 is 5.78. The quantitative estimate of drug-likeness (QED) is 0.838. The molecule has 0 spiro atoms. The van der Waals surface area contributed by atoms with Crippen LogP contribution in [0.4, 0.5) is 5.69 Å². The van der Waals surface area contributed by atoms with Crippen LogP contribution < -0.4 is 10.5 Å². The van der Waals surface area contributed by atoms with Gasteiger partial charge in [0, 0.05) is 11.3 Å². The number of anilines is 1. The fourth-order valence-corrected chi connectivity index (χ4v) is 2.58. The largest absolute Gasteiger partial charge is 0.491 e. The second kappa shape index (κ2) is 5.23.